The molecule has 0 spiro atoms. The molecule has 1 unspecified atom stereocenters. The normalized spacial score (nSPS) is 25.2. The van der Waals surface area contributed by atoms with E-state index < -0.39 is 0 Å². The topological polar surface area (TPSA) is 51.8 Å². The molecular weight excluding hydrogens is 234 g/mol. The molecule has 1 heterocycles. The molecule has 0 bridgehead atoms. The first-order chi connectivity index (χ1) is 9.19. The van der Waals surface area contributed by atoms with Crippen LogP contribution < -0.4 is 5.73 Å². The highest BCUT2D eigenvalue weighted by Crippen LogP contribution is 2.36. The van der Waals surface area contributed by atoms with E-state index >= 15 is 0 Å². The average Bonchev–Trinajstić information content (AvgIpc) is 2.39. The molecule has 1 aromatic heterocycles. The van der Waals surface area contributed by atoms with Gasteiger partial charge < -0.3 is 5.73 Å². The zero-order valence-corrected chi connectivity index (χ0v) is 12.3. The van der Waals surface area contributed by atoms with E-state index in [2.05, 4.69) is 11.9 Å². The van der Waals surface area contributed by atoms with Crippen molar-refractivity contribution in [3.63, 3.8) is 0 Å². The Morgan fingerprint density at radius 3 is 2.68 bits per heavy atom. The van der Waals surface area contributed by atoms with Crippen molar-refractivity contribution in [2.24, 2.45) is 11.7 Å². The number of aromatic nitrogens is 2. The predicted molar refractivity (Wildman–Crippen MR) is 79.0 cm³/mol. The van der Waals surface area contributed by atoms with Gasteiger partial charge in [-0.15, -0.1) is 0 Å². The van der Waals surface area contributed by atoms with Crippen LogP contribution in [-0.2, 0) is 6.42 Å². The van der Waals surface area contributed by atoms with Crippen molar-refractivity contribution in [3.05, 3.63) is 23.8 Å². The summed E-state index contributed by atoms with van der Waals surface area (Å²) < 4.78 is 0. The Bertz CT molecular complexity index is 381. The zero-order chi connectivity index (χ0) is 13.7. The van der Waals surface area contributed by atoms with Gasteiger partial charge in [-0.2, -0.15) is 0 Å². The summed E-state index contributed by atoms with van der Waals surface area (Å²) in [5, 5.41) is 0. The largest absolute Gasteiger partial charge is 0.328 e. The van der Waals surface area contributed by atoms with E-state index in [1.165, 1.54) is 38.5 Å². The van der Waals surface area contributed by atoms with Crippen molar-refractivity contribution in [2.45, 2.75) is 70.8 Å². The standard InChI is InChI=1S/C16H27N3/c1-3-4-13-5-7-14(8-6-13)16-18-10-9-15(19-16)11-12(2)17/h9-10,12-14H,3-8,11,17H2,1-2H3. The summed E-state index contributed by atoms with van der Waals surface area (Å²) in [5.41, 5.74) is 6.94. The lowest BCUT2D eigenvalue weighted by molar-refractivity contribution is 0.302. The van der Waals surface area contributed by atoms with Crippen molar-refractivity contribution in [1.82, 2.24) is 9.97 Å². The van der Waals surface area contributed by atoms with Gasteiger partial charge in [-0.3, -0.25) is 0 Å². The van der Waals surface area contributed by atoms with Crippen LogP contribution in [0.5, 0.6) is 0 Å². The highest BCUT2D eigenvalue weighted by atomic mass is 14.9. The number of nitrogens with zero attached hydrogens (tertiary/aromatic N) is 2. The van der Waals surface area contributed by atoms with E-state index in [-0.39, 0.29) is 6.04 Å². The lowest BCUT2D eigenvalue weighted by atomic mass is 9.80. The number of hydrogen-bond donors (Lipinski definition) is 1. The quantitative estimate of drug-likeness (QED) is 0.883. The molecule has 19 heavy (non-hydrogen) atoms. The first-order valence-corrected chi connectivity index (χ1v) is 7.76. The molecule has 2 rings (SSSR count). The Hall–Kier alpha value is -0.960. The van der Waals surface area contributed by atoms with Crippen LogP contribution in [0.25, 0.3) is 0 Å². The van der Waals surface area contributed by atoms with Crippen molar-refractivity contribution in [3.8, 4) is 0 Å². The minimum atomic E-state index is 0.169. The summed E-state index contributed by atoms with van der Waals surface area (Å²) >= 11 is 0. The summed E-state index contributed by atoms with van der Waals surface area (Å²) in [5.74, 6) is 2.56. The molecule has 1 fully saturated rings. The molecule has 0 radical (unpaired) electrons. The molecular formula is C16H27N3. The van der Waals surface area contributed by atoms with Gasteiger partial charge in [0, 0.05) is 30.3 Å². The zero-order valence-electron chi connectivity index (χ0n) is 12.3. The van der Waals surface area contributed by atoms with Gasteiger partial charge in [0.15, 0.2) is 0 Å². The molecule has 2 N–H and O–H groups in total. The minimum Gasteiger partial charge on any atom is -0.328 e. The third-order valence-electron chi connectivity index (χ3n) is 4.17. The maximum Gasteiger partial charge on any atom is 0.131 e. The van der Waals surface area contributed by atoms with Crippen molar-refractivity contribution < 1.29 is 0 Å². The molecule has 106 valence electrons. The fourth-order valence-corrected chi connectivity index (χ4v) is 3.17. The first kappa shape index (κ1) is 14.4. The van der Waals surface area contributed by atoms with Gasteiger partial charge in [0.1, 0.15) is 5.82 Å². The lowest BCUT2D eigenvalue weighted by Crippen LogP contribution is -2.20. The predicted octanol–water partition coefficient (Wildman–Crippen LogP) is 3.44. The summed E-state index contributed by atoms with van der Waals surface area (Å²) in [6.07, 6.45) is 10.7. The molecule has 1 aromatic rings. The smallest absolute Gasteiger partial charge is 0.131 e. The van der Waals surface area contributed by atoms with Gasteiger partial charge in [-0.05, 0) is 44.6 Å². The van der Waals surface area contributed by atoms with Crippen LogP contribution in [0.4, 0.5) is 0 Å². The molecule has 0 aromatic carbocycles. The maximum atomic E-state index is 5.84. The SMILES string of the molecule is CCCC1CCC(c2nccc(CC(C)N)n2)CC1. The van der Waals surface area contributed by atoms with Crippen molar-refractivity contribution in [1.29, 1.82) is 0 Å². The molecule has 0 amide bonds. The summed E-state index contributed by atoms with van der Waals surface area (Å²) in [6, 6.07) is 2.17. The van der Waals surface area contributed by atoms with Crippen molar-refractivity contribution >= 4 is 0 Å². The van der Waals surface area contributed by atoms with Crippen LogP contribution in [0, 0.1) is 5.92 Å². The fourth-order valence-electron chi connectivity index (χ4n) is 3.17. The monoisotopic (exact) mass is 261 g/mol. The molecule has 0 saturated heterocycles. The van der Waals surface area contributed by atoms with Crippen molar-refractivity contribution in [2.75, 3.05) is 0 Å². The Labute approximate surface area is 117 Å². The maximum absolute atomic E-state index is 5.84. The average molecular weight is 261 g/mol. The summed E-state index contributed by atoms with van der Waals surface area (Å²) in [4.78, 5) is 9.21. The molecule has 1 atom stereocenters. The minimum absolute atomic E-state index is 0.169. The van der Waals surface area contributed by atoms with E-state index in [1.54, 1.807) is 0 Å². The molecule has 0 aliphatic heterocycles. The molecule has 3 heteroatoms. The number of rotatable bonds is 5. The van der Waals surface area contributed by atoms with E-state index in [0.717, 1.165) is 23.9 Å². The molecule has 3 nitrogen and oxygen atoms in total. The molecule has 1 saturated carbocycles. The second-order valence-corrected chi connectivity index (χ2v) is 6.09. The van der Waals surface area contributed by atoms with Gasteiger partial charge in [0.2, 0.25) is 0 Å². The highest BCUT2D eigenvalue weighted by Gasteiger charge is 2.23. The Balaban J connectivity index is 1.95. The van der Waals surface area contributed by atoms with Gasteiger partial charge in [0.25, 0.3) is 0 Å². The van der Waals surface area contributed by atoms with E-state index in [0.29, 0.717) is 5.92 Å². The second-order valence-electron chi connectivity index (χ2n) is 6.09. The van der Waals surface area contributed by atoms with Crippen LogP contribution in [0.3, 0.4) is 0 Å². The van der Waals surface area contributed by atoms with Crippen LogP contribution in [-0.4, -0.2) is 16.0 Å². The highest BCUT2D eigenvalue weighted by molar-refractivity contribution is 5.07. The first-order valence-electron chi connectivity index (χ1n) is 7.76. The van der Waals surface area contributed by atoms with Crippen LogP contribution in [0.15, 0.2) is 12.3 Å². The summed E-state index contributed by atoms with van der Waals surface area (Å²) in [6.45, 7) is 4.31. The third-order valence-corrected chi connectivity index (χ3v) is 4.17. The lowest BCUT2D eigenvalue weighted by Gasteiger charge is -2.27. The van der Waals surface area contributed by atoms with Crippen LogP contribution in [0.2, 0.25) is 0 Å². The fraction of sp³-hybridized carbons (Fsp3) is 0.750. The Morgan fingerprint density at radius 1 is 1.32 bits per heavy atom. The second kappa shape index (κ2) is 6.99. The van der Waals surface area contributed by atoms with E-state index in [9.17, 15) is 0 Å². The number of hydrogen-bond acceptors (Lipinski definition) is 3. The molecule has 1 aliphatic rings. The third kappa shape index (κ3) is 4.27. The Kier molecular flexibility index (Phi) is 5.32. The number of nitrogens with two attached hydrogens (primary N) is 1. The van der Waals surface area contributed by atoms with Crippen LogP contribution >= 0.6 is 0 Å². The van der Waals surface area contributed by atoms with Crippen LogP contribution in [0.1, 0.15) is 69.8 Å². The van der Waals surface area contributed by atoms with E-state index in [4.69, 9.17) is 10.7 Å². The Morgan fingerprint density at radius 2 is 2.05 bits per heavy atom. The summed E-state index contributed by atoms with van der Waals surface area (Å²) in [7, 11) is 0. The van der Waals surface area contributed by atoms with E-state index in [1.807, 2.05) is 19.2 Å². The van der Waals surface area contributed by atoms with Gasteiger partial charge >= 0.3 is 0 Å². The molecule has 1 aliphatic carbocycles. The van der Waals surface area contributed by atoms with Gasteiger partial charge in [-0.1, -0.05) is 19.8 Å². The van der Waals surface area contributed by atoms with Gasteiger partial charge in [-0.25, -0.2) is 9.97 Å². The van der Waals surface area contributed by atoms with Gasteiger partial charge in [0.05, 0.1) is 0 Å².